The third-order valence-electron chi connectivity index (χ3n) is 5.88. The Bertz CT molecular complexity index is 1290. The van der Waals surface area contributed by atoms with Gasteiger partial charge in [-0.05, 0) is 38.4 Å². The number of likely N-dealkylation sites (tertiary alicyclic amines) is 1. The molecule has 1 fully saturated rings. The molecule has 2 N–H and O–H groups in total. The van der Waals surface area contributed by atoms with Crippen LogP contribution < -0.4 is 5.56 Å². The van der Waals surface area contributed by atoms with E-state index < -0.39 is 12.1 Å². The minimum absolute atomic E-state index is 0.130. The molecule has 9 nitrogen and oxygen atoms in total. The van der Waals surface area contributed by atoms with Gasteiger partial charge in [-0.1, -0.05) is 29.8 Å². The summed E-state index contributed by atoms with van der Waals surface area (Å²) >= 11 is 0. The molecule has 1 aliphatic rings. The number of hydrogen-bond acceptors (Lipinski definition) is 6. The number of aromatic nitrogens is 3. The number of benzene rings is 1. The summed E-state index contributed by atoms with van der Waals surface area (Å²) in [7, 11) is 2.15. The molecule has 0 atom stereocenters. The number of nitrogens with one attached hydrogen (secondary N) is 1. The van der Waals surface area contributed by atoms with E-state index in [4.69, 9.17) is 9.90 Å². The van der Waals surface area contributed by atoms with Crippen molar-refractivity contribution in [1.29, 1.82) is 0 Å². The number of H-pyrrole nitrogens is 1. The normalized spacial score (nSPS) is 14.4. The zero-order chi connectivity index (χ0) is 26.5. The van der Waals surface area contributed by atoms with Crippen LogP contribution in [0, 0.1) is 6.92 Å². The molecule has 1 saturated heterocycles. The molecule has 1 aromatic carbocycles. The molecule has 1 amide bonds. The lowest BCUT2D eigenvalue weighted by Gasteiger charge is -2.36. The Morgan fingerprint density at radius 2 is 1.86 bits per heavy atom. The van der Waals surface area contributed by atoms with Gasteiger partial charge in [-0.2, -0.15) is 13.2 Å². The van der Waals surface area contributed by atoms with E-state index in [1.165, 1.54) is 23.7 Å². The van der Waals surface area contributed by atoms with Gasteiger partial charge in [0.1, 0.15) is 5.69 Å². The van der Waals surface area contributed by atoms with Crippen LogP contribution in [0.15, 0.2) is 47.7 Å². The summed E-state index contributed by atoms with van der Waals surface area (Å²) in [6.07, 6.45) is -0.417. The highest BCUT2D eigenvalue weighted by atomic mass is 19.4. The topological polar surface area (TPSA) is 119 Å². The number of carbonyl (C=O) groups excluding carboxylic acids is 1. The number of aryl methyl sites for hydroxylation is 1. The molecule has 0 aliphatic carbocycles. The Kier molecular flexibility index (Phi) is 8.41. The zero-order valence-electron chi connectivity index (χ0n) is 19.7. The lowest BCUT2D eigenvalue weighted by molar-refractivity contribution is -0.192. The van der Waals surface area contributed by atoms with Crippen molar-refractivity contribution in [3.05, 3.63) is 70.0 Å². The van der Waals surface area contributed by atoms with Gasteiger partial charge in [0.05, 0.1) is 23.4 Å². The quantitative estimate of drug-likeness (QED) is 0.560. The number of piperidine rings is 1. The first-order chi connectivity index (χ1) is 17.0. The highest BCUT2D eigenvalue weighted by molar-refractivity contribution is 5.95. The lowest BCUT2D eigenvalue weighted by Crippen LogP contribution is -2.45. The molecule has 192 valence electrons. The number of fused-ring (bicyclic) bond motifs is 1. The van der Waals surface area contributed by atoms with Gasteiger partial charge in [-0.15, -0.1) is 0 Å². The number of aromatic amines is 1. The van der Waals surface area contributed by atoms with E-state index >= 15 is 0 Å². The number of alkyl halides is 3. The predicted molar refractivity (Wildman–Crippen MR) is 125 cm³/mol. The average Bonchev–Trinajstić information content (AvgIpc) is 2.83. The van der Waals surface area contributed by atoms with Crippen LogP contribution in [0.4, 0.5) is 13.2 Å². The first-order valence-electron chi connectivity index (χ1n) is 11.1. The standard InChI is InChI=1S/C22H25N5O2.C2HF3O2/c1-15-4-3-5-16(10-15)13-26(2)17-6-8-27(9-7-17)22(29)19-11-18-20(12-23-19)24-14-25-21(18)28;3-2(4,5)1(6)7/h3-5,10-12,14,17H,6-9,13H2,1-2H3,(H,24,25,28);(H,6,7). The third kappa shape index (κ3) is 6.87. The zero-order valence-corrected chi connectivity index (χ0v) is 19.7. The van der Waals surface area contributed by atoms with Crippen LogP contribution >= 0.6 is 0 Å². The van der Waals surface area contributed by atoms with Gasteiger partial charge in [0.15, 0.2) is 0 Å². The Balaban J connectivity index is 0.000000454. The van der Waals surface area contributed by atoms with Gasteiger partial charge < -0.3 is 15.0 Å². The van der Waals surface area contributed by atoms with Crippen LogP contribution in [0.5, 0.6) is 0 Å². The van der Waals surface area contributed by atoms with E-state index in [1.54, 1.807) is 6.07 Å². The Morgan fingerprint density at radius 3 is 2.47 bits per heavy atom. The molecule has 4 rings (SSSR count). The third-order valence-corrected chi connectivity index (χ3v) is 5.88. The molecule has 0 radical (unpaired) electrons. The van der Waals surface area contributed by atoms with Crippen molar-refractivity contribution in [2.75, 3.05) is 20.1 Å². The van der Waals surface area contributed by atoms with Gasteiger partial charge >= 0.3 is 12.1 Å². The number of halogens is 3. The summed E-state index contributed by atoms with van der Waals surface area (Å²) in [6.45, 7) is 4.39. The van der Waals surface area contributed by atoms with Gasteiger partial charge in [-0.25, -0.2) is 14.8 Å². The smallest absolute Gasteiger partial charge is 0.475 e. The summed E-state index contributed by atoms with van der Waals surface area (Å²) < 4.78 is 31.7. The number of nitrogens with zero attached hydrogens (tertiary/aromatic N) is 4. The number of amides is 1. The minimum Gasteiger partial charge on any atom is -0.475 e. The largest absolute Gasteiger partial charge is 0.490 e. The molecule has 1 aliphatic heterocycles. The Labute approximate surface area is 204 Å². The number of pyridine rings is 1. The highest BCUT2D eigenvalue weighted by Gasteiger charge is 2.38. The first kappa shape index (κ1) is 26.8. The van der Waals surface area contributed by atoms with E-state index in [9.17, 15) is 22.8 Å². The van der Waals surface area contributed by atoms with Crippen molar-refractivity contribution in [2.24, 2.45) is 0 Å². The number of carbonyl (C=O) groups is 2. The highest BCUT2D eigenvalue weighted by Crippen LogP contribution is 2.20. The molecule has 3 heterocycles. The van der Waals surface area contributed by atoms with Gasteiger partial charge in [0, 0.05) is 25.7 Å². The molecule has 0 spiro atoms. The van der Waals surface area contributed by atoms with Crippen molar-refractivity contribution in [3.63, 3.8) is 0 Å². The van der Waals surface area contributed by atoms with E-state index in [2.05, 4.69) is 58.1 Å². The average molecular weight is 505 g/mol. The van der Waals surface area contributed by atoms with Crippen LogP contribution in [0.25, 0.3) is 10.9 Å². The number of carboxylic acid groups (broad SMARTS) is 1. The van der Waals surface area contributed by atoms with Crippen LogP contribution in [0.1, 0.15) is 34.5 Å². The minimum atomic E-state index is -5.08. The van der Waals surface area contributed by atoms with Crippen molar-refractivity contribution < 1.29 is 27.9 Å². The van der Waals surface area contributed by atoms with Gasteiger partial charge in [-0.3, -0.25) is 14.5 Å². The van der Waals surface area contributed by atoms with E-state index in [1.807, 2.05) is 4.90 Å². The van der Waals surface area contributed by atoms with E-state index in [-0.39, 0.29) is 11.5 Å². The molecule has 0 saturated carbocycles. The van der Waals surface area contributed by atoms with Crippen LogP contribution in [0.3, 0.4) is 0 Å². The summed E-state index contributed by atoms with van der Waals surface area (Å²) in [5.74, 6) is -2.89. The van der Waals surface area contributed by atoms with Crippen molar-refractivity contribution in [3.8, 4) is 0 Å². The van der Waals surface area contributed by atoms with Crippen LogP contribution in [0.2, 0.25) is 0 Å². The second kappa shape index (κ2) is 11.3. The molecular formula is C24H26F3N5O4. The summed E-state index contributed by atoms with van der Waals surface area (Å²) in [5.41, 5.74) is 3.10. The number of hydrogen-bond donors (Lipinski definition) is 2. The number of carboxylic acids is 1. The second-order valence-electron chi connectivity index (χ2n) is 8.55. The second-order valence-corrected chi connectivity index (χ2v) is 8.55. The lowest BCUT2D eigenvalue weighted by atomic mass is 10.0. The fraction of sp³-hybridized carbons (Fsp3) is 0.375. The monoisotopic (exact) mass is 505 g/mol. The Hall–Kier alpha value is -3.80. The molecular weight excluding hydrogens is 479 g/mol. The fourth-order valence-electron chi connectivity index (χ4n) is 3.99. The van der Waals surface area contributed by atoms with Crippen molar-refractivity contribution in [1.82, 2.24) is 24.8 Å². The van der Waals surface area contributed by atoms with Crippen LogP contribution in [-0.4, -0.2) is 74.1 Å². The van der Waals surface area contributed by atoms with Crippen LogP contribution in [-0.2, 0) is 11.3 Å². The van der Waals surface area contributed by atoms with Gasteiger partial charge in [0.2, 0.25) is 0 Å². The molecule has 36 heavy (non-hydrogen) atoms. The Morgan fingerprint density at radius 1 is 1.19 bits per heavy atom. The maximum atomic E-state index is 12.9. The fourth-order valence-corrected chi connectivity index (χ4v) is 3.99. The summed E-state index contributed by atoms with van der Waals surface area (Å²) in [5, 5.41) is 7.51. The molecule has 12 heteroatoms. The van der Waals surface area contributed by atoms with Gasteiger partial charge in [0.25, 0.3) is 11.5 Å². The summed E-state index contributed by atoms with van der Waals surface area (Å²) in [4.78, 5) is 48.8. The molecule has 0 bridgehead atoms. The maximum Gasteiger partial charge on any atom is 0.490 e. The molecule has 0 unspecified atom stereocenters. The first-order valence-corrected chi connectivity index (χ1v) is 11.1. The number of aliphatic carboxylic acids is 1. The molecule has 2 aromatic heterocycles. The SMILES string of the molecule is Cc1cccc(CN(C)C2CCN(C(=O)c3cc4c(=O)[nH]cnc4cn3)CC2)c1.O=C(O)C(F)(F)F. The van der Waals surface area contributed by atoms with E-state index in [0.717, 1.165) is 19.4 Å². The maximum absolute atomic E-state index is 12.9. The summed E-state index contributed by atoms with van der Waals surface area (Å²) in [6, 6.07) is 10.6. The molecule has 3 aromatic rings. The number of rotatable bonds is 4. The van der Waals surface area contributed by atoms with Crippen molar-refractivity contribution >= 4 is 22.8 Å². The van der Waals surface area contributed by atoms with Crippen molar-refractivity contribution in [2.45, 2.75) is 38.5 Å². The predicted octanol–water partition coefficient (Wildman–Crippen LogP) is 3.00. The van der Waals surface area contributed by atoms with E-state index in [0.29, 0.717) is 35.7 Å².